The Hall–Kier alpha value is -7.87. The zero-order chi connectivity index (χ0) is 51.0. The maximum Gasteiger partial charge on any atom is 0.293 e. The number of hydrogen-bond acceptors (Lipinski definition) is 13. The average Bonchev–Trinajstić information content (AvgIpc) is 4.32. The van der Waals surface area contributed by atoms with Crippen LogP contribution in [0.1, 0.15) is 70.3 Å². The molecule has 4 aromatic heterocycles. The fourth-order valence-corrected chi connectivity index (χ4v) is 9.19. The number of hydrogen-bond donors (Lipinski definition) is 6. The van der Waals surface area contributed by atoms with Crippen molar-refractivity contribution in [2.45, 2.75) is 57.1 Å². The molecule has 1 atom stereocenters. The van der Waals surface area contributed by atoms with E-state index in [1.165, 1.54) is 9.03 Å². The van der Waals surface area contributed by atoms with Crippen molar-refractivity contribution in [3.05, 3.63) is 192 Å². The van der Waals surface area contributed by atoms with E-state index in [2.05, 4.69) is 40.8 Å². The van der Waals surface area contributed by atoms with Gasteiger partial charge in [-0.1, -0.05) is 126 Å². The predicted octanol–water partition coefficient (Wildman–Crippen LogP) is 7.34. The minimum absolute atomic E-state index is 0.0290. The number of halogens is 2. The van der Waals surface area contributed by atoms with Gasteiger partial charge in [0.2, 0.25) is 0 Å². The number of rotatable bonds is 20. The molecule has 0 radical (unpaired) electrons. The highest BCUT2D eigenvalue weighted by atomic mass is 35.5. The molecule has 0 saturated heterocycles. The Labute approximate surface area is 431 Å². The molecule has 9 aromatic rings. The van der Waals surface area contributed by atoms with E-state index in [4.69, 9.17) is 37.4 Å². The minimum Gasteiger partial charge on any atom is -0.489 e. The number of aliphatic hydroxyl groups excluding tert-OH is 2. The number of nitrogens with zero attached hydrogens (tertiary/aromatic N) is 6. The smallest absolute Gasteiger partial charge is 0.293 e. The van der Waals surface area contributed by atoms with Crippen LogP contribution in [0.5, 0.6) is 17.2 Å². The summed E-state index contributed by atoms with van der Waals surface area (Å²) in [7, 11) is 0. The molecule has 6 N–H and O–H groups in total. The number of carbonyl (C=O) groups is 1. The van der Waals surface area contributed by atoms with Crippen molar-refractivity contribution >= 4 is 40.7 Å². The summed E-state index contributed by atoms with van der Waals surface area (Å²) in [5.74, 6) is 1.97. The van der Waals surface area contributed by atoms with Gasteiger partial charge in [-0.2, -0.15) is 19.0 Å². The van der Waals surface area contributed by atoms with Gasteiger partial charge in [0.25, 0.3) is 28.6 Å². The number of carbonyl (C=O) groups excluding carboxylic acids is 1. The Morgan fingerprint density at radius 3 is 1.77 bits per heavy atom. The monoisotopic (exact) mass is 1030 g/mol. The van der Waals surface area contributed by atoms with Crippen LogP contribution in [0.25, 0.3) is 34.3 Å². The molecular weight excluding hydrogens is 988 g/mol. The van der Waals surface area contributed by atoms with Crippen LogP contribution in [0.15, 0.2) is 137 Å². The van der Waals surface area contributed by atoms with E-state index in [1.54, 1.807) is 42.5 Å². The van der Waals surface area contributed by atoms with Crippen LogP contribution in [0.4, 0.5) is 0 Å². The molecular formula is C54H48Cl2N10O8. The first kappa shape index (κ1) is 48.4. The summed E-state index contributed by atoms with van der Waals surface area (Å²) in [4.78, 5) is 58.4. The SMILES string of the molecule is O=C(NCC1(CO)CC1)c1ccc(COc2ccccc2C2(CNC(O)c3ccccc3OCc3nc4nc(-c5ccccc5)[nH]n4c(=O)c3Cl)CC2)cc1OCc1nc2nc(-c3ccccc3)[nH]n2c(=O)c1Cl. The lowest BCUT2D eigenvalue weighted by Gasteiger charge is -2.23. The Bertz CT molecular complexity index is 3670. The van der Waals surface area contributed by atoms with E-state index in [0.29, 0.717) is 47.4 Å². The molecule has 74 heavy (non-hydrogen) atoms. The summed E-state index contributed by atoms with van der Waals surface area (Å²) in [6.45, 7) is 0.377. The number of para-hydroxylation sites is 2. The lowest BCUT2D eigenvalue weighted by Crippen LogP contribution is -2.32. The fraction of sp³-hybridized carbons (Fsp3) is 0.241. The number of amides is 1. The molecule has 20 heteroatoms. The third-order valence-corrected chi connectivity index (χ3v) is 14.4. The molecule has 2 aliphatic rings. The number of nitrogens with one attached hydrogen (secondary N) is 4. The van der Waals surface area contributed by atoms with E-state index in [1.807, 2.05) is 84.9 Å². The average molecular weight is 1040 g/mol. The van der Waals surface area contributed by atoms with E-state index in [-0.39, 0.29) is 81.6 Å². The minimum atomic E-state index is -1.13. The lowest BCUT2D eigenvalue weighted by atomic mass is 9.94. The topological polar surface area (TPSA) is 235 Å². The van der Waals surface area contributed by atoms with Gasteiger partial charge in [-0.05, 0) is 55.5 Å². The van der Waals surface area contributed by atoms with Crippen LogP contribution in [0.2, 0.25) is 10.0 Å². The van der Waals surface area contributed by atoms with E-state index in [0.717, 1.165) is 42.4 Å². The van der Waals surface area contributed by atoms with Crippen molar-refractivity contribution < 1.29 is 29.2 Å². The predicted molar refractivity (Wildman–Crippen MR) is 275 cm³/mol. The van der Waals surface area contributed by atoms with Crippen molar-refractivity contribution in [2.75, 3.05) is 19.7 Å². The number of H-pyrrole nitrogens is 2. The first-order valence-electron chi connectivity index (χ1n) is 24.0. The van der Waals surface area contributed by atoms with Gasteiger partial charge >= 0.3 is 0 Å². The van der Waals surface area contributed by atoms with Gasteiger partial charge in [-0.15, -0.1) is 0 Å². The molecule has 0 bridgehead atoms. The summed E-state index contributed by atoms with van der Waals surface area (Å²) < 4.78 is 21.3. The van der Waals surface area contributed by atoms with Gasteiger partial charge in [0.05, 0.1) is 12.2 Å². The molecule has 2 fully saturated rings. The molecule has 4 heterocycles. The second-order valence-corrected chi connectivity index (χ2v) is 19.4. The Balaban J connectivity index is 0.776. The van der Waals surface area contributed by atoms with Crippen LogP contribution in [0.3, 0.4) is 0 Å². The van der Waals surface area contributed by atoms with Gasteiger partial charge in [-0.3, -0.25) is 29.9 Å². The zero-order valence-corrected chi connectivity index (χ0v) is 41.1. The van der Waals surface area contributed by atoms with Crippen molar-refractivity contribution in [1.29, 1.82) is 0 Å². The number of aromatic amines is 2. The first-order valence-corrected chi connectivity index (χ1v) is 24.7. The van der Waals surface area contributed by atoms with Gasteiger partial charge in [-0.25, -0.2) is 9.97 Å². The zero-order valence-electron chi connectivity index (χ0n) is 39.6. The number of fused-ring (bicyclic) bond motifs is 2. The van der Waals surface area contributed by atoms with Crippen LogP contribution >= 0.6 is 23.2 Å². The largest absolute Gasteiger partial charge is 0.489 e. The highest BCUT2D eigenvalue weighted by Crippen LogP contribution is 2.51. The van der Waals surface area contributed by atoms with Gasteiger partial charge in [0.15, 0.2) is 11.6 Å². The van der Waals surface area contributed by atoms with Crippen molar-refractivity contribution in [3.8, 4) is 40.0 Å². The summed E-state index contributed by atoms with van der Waals surface area (Å²) in [5.41, 5.74) is 2.47. The van der Waals surface area contributed by atoms with Crippen molar-refractivity contribution in [2.24, 2.45) is 5.41 Å². The molecule has 0 spiro atoms. The molecule has 18 nitrogen and oxygen atoms in total. The second-order valence-electron chi connectivity index (χ2n) is 18.6. The molecule has 376 valence electrons. The second kappa shape index (κ2) is 20.2. The van der Waals surface area contributed by atoms with Crippen LogP contribution in [-0.4, -0.2) is 75.0 Å². The molecule has 2 aliphatic carbocycles. The Morgan fingerprint density at radius 2 is 1.19 bits per heavy atom. The van der Waals surface area contributed by atoms with Crippen LogP contribution in [-0.2, 0) is 25.2 Å². The molecule has 1 amide bonds. The van der Waals surface area contributed by atoms with Crippen molar-refractivity contribution in [1.82, 2.24) is 49.8 Å². The molecule has 11 rings (SSSR count). The molecule has 2 saturated carbocycles. The maximum absolute atomic E-state index is 13.7. The number of benzene rings is 5. The quantitative estimate of drug-likeness (QED) is 0.0411. The third kappa shape index (κ3) is 9.84. The highest BCUT2D eigenvalue weighted by molar-refractivity contribution is 6.31. The van der Waals surface area contributed by atoms with E-state index >= 15 is 0 Å². The number of ether oxygens (including phenoxy) is 3. The Kier molecular flexibility index (Phi) is 13.2. The summed E-state index contributed by atoms with van der Waals surface area (Å²) in [6, 6.07) is 38.6. The maximum atomic E-state index is 13.7. The van der Waals surface area contributed by atoms with E-state index in [9.17, 15) is 24.6 Å². The van der Waals surface area contributed by atoms with Gasteiger partial charge < -0.3 is 29.7 Å². The molecule has 1 unspecified atom stereocenters. The third-order valence-electron chi connectivity index (χ3n) is 13.6. The normalized spacial score (nSPS) is 14.7. The summed E-state index contributed by atoms with van der Waals surface area (Å²) >= 11 is 13.1. The first-order chi connectivity index (χ1) is 36.0. The molecule has 0 aliphatic heterocycles. The van der Waals surface area contributed by atoms with Gasteiger partial charge in [0, 0.05) is 46.2 Å². The van der Waals surface area contributed by atoms with Crippen LogP contribution in [0, 0.1) is 5.41 Å². The van der Waals surface area contributed by atoms with Crippen LogP contribution < -0.4 is 36.0 Å². The standard InChI is InChI=1S/C54H48Cl2N10O8/c55-43-38(59-51-61-45(63-65(51)49(43)70)33-11-3-1-4-12-33)27-73-40-17-9-7-15-35(40)47(68)58-30-54(23-24-54)37-16-8-10-18-41(37)72-26-32-19-20-36(48(69)57-29-53(31-67)21-22-53)42(25-32)74-28-39-44(56)50(71)66-52(60-39)62-46(64-66)34-13-5-2-6-14-34/h1-20,25,47,58,67-68H,21-24,26-31H2,(H,57,69)(H,59,61,63)(H,60,62,64). The van der Waals surface area contributed by atoms with E-state index < -0.39 is 23.3 Å². The fourth-order valence-electron chi connectivity index (χ4n) is 8.83. The Morgan fingerprint density at radius 1 is 0.649 bits per heavy atom. The lowest BCUT2D eigenvalue weighted by molar-refractivity contribution is 0.0930. The number of aromatic nitrogens is 8. The summed E-state index contributed by atoms with van der Waals surface area (Å²) in [6.07, 6.45) is 2.18. The van der Waals surface area contributed by atoms with Crippen molar-refractivity contribution in [3.63, 3.8) is 0 Å². The molecule has 5 aromatic carbocycles. The number of aliphatic hydroxyl groups is 2. The summed E-state index contributed by atoms with van der Waals surface area (Å²) in [5, 5.41) is 33.4. The highest BCUT2D eigenvalue weighted by Gasteiger charge is 2.46. The van der Waals surface area contributed by atoms with Gasteiger partial charge in [0.1, 0.15) is 64.7 Å².